The number of nitrogens with two attached hydrogens (primary N) is 3. The molecule has 792 valence electrons. The summed E-state index contributed by atoms with van der Waals surface area (Å²) in [6, 6.07) is -3.49. The number of rotatable bonds is 65. The van der Waals surface area contributed by atoms with Gasteiger partial charge in [0.25, 0.3) is 17.4 Å². The number of benzene rings is 2. The van der Waals surface area contributed by atoms with Crippen molar-refractivity contribution in [3.8, 4) is 0 Å². The van der Waals surface area contributed by atoms with Crippen molar-refractivity contribution in [2.75, 3.05) is 78.8 Å². The average Bonchev–Trinajstić information content (AvgIpc) is 0.811. The minimum Gasteiger partial charge on any atom is -0.481 e. The fourth-order valence-corrected chi connectivity index (χ4v) is 15.4. The van der Waals surface area contributed by atoms with Crippen LogP contribution in [0.1, 0.15) is 122 Å². The van der Waals surface area contributed by atoms with E-state index in [1.54, 1.807) is 12.1 Å². The van der Waals surface area contributed by atoms with Crippen molar-refractivity contribution in [3.05, 3.63) is 93.8 Å². The number of nitrogens with zero attached hydrogens (tertiary/aromatic N) is 7. The third-order valence-corrected chi connectivity index (χ3v) is 23.9. The Kier molecular flexibility index (Phi) is 49.0. The first-order chi connectivity index (χ1) is 68.1. The molecule has 0 spiro atoms. The molecule has 0 aliphatic carbocycles. The molecule has 4 heterocycles. The quantitative estimate of drug-likeness (QED) is 0.0125. The van der Waals surface area contributed by atoms with Gasteiger partial charge in [-0.2, -0.15) is 15.0 Å². The molecule has 0 aliphatic rings. The summed E-state index contributed by atoms with van der Waals surface area (Å²) in [7, 11) is 2.18. The zero-order valence-corrected chi connectivity index (χ0v) is 78.4. The van der Waals surface area contributed by atoms with Crippen molar-refractivity contribution < 1.29 is 169 Å². The van der Waals surface area contributed by atoms with Crippen molar-refractivity contribution >= 4 is 162 Å². The van der Waals surface area contributed by atoms with Gasteiger partial charge in [0.15, 0.2) is 28.1 Å². The maximum atomic E-state index is 14.9. The molecule has 4 aromatic heterocycles. The molecule has 6 rings (SSSR count). The number of aromatic nitrogens is 8. The summed E-state index contributed by atoms with van der Waals surface area (Å²) in [5.74, 6) is -20.0. The molecule has 0 radical (unpaired) electrons. The SMILES string of the molecule is C[C@H](CSSCC[C@H](NC(=O)c1ccc(NCc2cnc3nc(N)nc(N)c3n2)cc1)C(=O)O)NC(=O)[C@H](CCC(=O)NC[C@H](O)[C@@H](O)[C@H](O)[C@H](O)CO)NC(=O)[C@H](CCC(=O)O)NC(=O)[C@H](CCC(=O)NC[C@H](O)[C@@H](O)[C@H](O)[C@H](O)CO)NC(=O)[C@H](CCC(=O)O)NC(=O)[C@H](CCC(=O)NC[C@H](O)[C@@H](O)[C@H](O)[C@H](O)CO)NC(=O)CC[C@H](NC(=O)c1ccc(NCc2cnc3nc(N)[nH]c(=O)c3n2)cc1)C(=O)O. The van der Waals surface area contributed by atoms with Crippen LogP contribution in [-0.4, -0.2) is 398 Å². The Labute approximate surface area is 823 Å². The van der Waals surface area contributed by atoms with E-state index in [9.17, 15) is 174 Å². The van der Waals surface area contributed by atoms with Gasteiger partial charge in [-0.05, 0) is 100 Å². The van der Waals surface area contributed by atoms with E-state index in [-0.39, 0.29) is 87.9 Å². The molecule has 0 fully saturated rings. The lowest BCUT2D eigenvalue weighted by molar-refractivity contribution is -0.140. The Morgan fingerprint density at radius 3 is 1.08 bits per heavy atom. The molecule has 61 heteroatoms. The minimum atomic E-state index is -2.26. The van der Waals surface area contributed by atoms with Gasteiger partial charge in [0.2, 0.25) is 65.1 Å². The maximum absolute atomic E-state index is 14.9. The van der Waals surface area contributed by atoms with Crippen LogP contribution in [0, 0.1) is 0 Å². The highest BCUT2D eigenvalue weighted by atomic mass is 33.1. The summed E-state index contributed by atoms with van der Waals surface area (Å²) < 4.78 is 0. The average molecular weight is 2080 g/mol. The molecule has 0 saturated carbocycles. The normalized spacial score (nSPS) is 15.6. The zero-order chi connectivity index (χ0) is 107. The van der Waals surface area contributed by atoms with Crippen LogP contribution in [0.5, 0.6) is 0 Å². The van der Waals surface area contributed by atoms with Crippen molar-refractivity contribution in [1.29, 1.82) is 0 Å². The Morgan fingerprint density at radius 1 is 0.375 bits per heavy atom. The third kappa shape index (κ3) is 39.5. The van der Waals surface area contributed by atoms with Gasteiger partial charge in [-0.1, -0.05) is 21.6 Å². The number of hydrogen-bond donors (Lipinski definition) is 36. The second-order valence-electron chi connectivity index (χ2n) is 32.6. The van der Waals surface area contributed by atoms with Gasteiger partial charge in [0.05, 0.1) is 75.0 Å². The van der Waals surface area contributed by atoms with E-state index in [0.717, 1.165) is 21.6 Å². The first-order valence-electron chi connectivity index (χ1n) is 44.2. The molecule has 0 saturated heterocycles. The number of aliphatic carboxylic acids is 4. The molecule has 20 atom stereocenters. The lowest BCUT2D eigenvalue weighted by atomic mass is 10.0. The van der Waals surface area contributed by atoms with Crippen LogP contribution in [0.15, 0.2) is 65.7 Å². The van der Waals surface area contributed by atoms with E-state index in [4.69, 9.17) is 17.2 Å². The highest BCUT2D eigenvalue weighted by molar-refractivity contribution is 8.76. The molecule has 0 unspecified atom stereocenters. The van der Waals surface area contributed by atoms with E-state index in [0.29, 0.717) is 17.1 Å². The first-order valence-corrected chi connectivity index (χ1v) is 46.7. The second-order valence-corrected chi connectivity index (χ2v) is 35.2. The monoisotopic (exact) mass is 2070 g/mol. The first kappa shape index (κ1) is 119. The van der Waals surface area contributed by atoms with Gasteiger partial charge in [-0.15, -0.1) is 0 Å². The highest BCUT2D eigenvalue weighted by Gasteiger charge is 2.39. The van der Waals surface area contributed by atoms with E-state index in [1.807, 2.05) is 0 Å². The number of nitrogens with one attached hydrogen (secondary N) is 14. The van der Waals surface area contributed by atoms with Gasteiger partial charge in [-0.25, -0.2) is 29.5 Å². The summed E-state index contributed by atoms with van der Waals surface area (Å²) >= 11 is 0. The summed E-state index contributed by atoms with van der Waals surface area (Å²) in [4.78, 5) is 248. The molecule has 11 amide bonds. The summed E-state index contributed by atoms with van der Waals surface area (Å²) in [5, 5.41) is 222. The number of nitrogen functional groups attached to an aromatic ring is 3. The Bertz CT molecular complexity index is 5420. The van der Waals surface area contributed by atoms with Crippen LogP contribution < -0.4 is 91.9 Å². The van der Waals surface area contributed by atoms with E-state index in [2.05, 4.69) is 109 Å². The minimum absolute atomic E-state index is 0.00463. The lowest BCUT2D eigenvalue weighted by Gasteiger charge is -2.28. The maximum Gasteiger partial charge on any atom is 0.326 e. The molecular weight excluding hydrogens is 1960 g/mol. The smallest absolute Gasteiger partial charge is 0.326 e. The van der Waals surface area contributed by atoms with Crippen molar-refractivity contribution in [2.24, 2.45) is 0 Å². The number of carbonyl (C=O) groups excluding carboxylic acids is 11. The summed E-state index contributed by atoms with van der Waals surface area (Å²) in [5.41, 5.74) is 18.4. The van der Waals surface area contributed by atoms with Crippen molar-refractivity contribution in [1.82, 2.24) is 98.4 Å². The number of aliphatic hydroxyl groups excluding tert-OH is 15. The summed E-state index contributed by atoms with van der Waals surface area (Å²) in [6.07, 6.45) is -33.5. The molecule has 6 aromatic rings. The number of amides is 11. The number of H-pyrrole nitrogens is 1. The molecule has 0 bridgehead atoms. The number of hydrogen-bond acceptors (Lipinski definition) is 45. The fourth-order valence-electron chi connectivity index (χ4n) is 13.1. The van der Waals surface area contributed by atoms with Crippen LogP contribution in [0.3, 0.4) is 0 Å². The zero-order valence-electron chi connectivity index (χ0n) is 76.8. The van der Waals surface area contributed by atoms with Crippen LogP contribution in [0.2, 0.25) is 0 Å². The number of aliphatic hydroxyl groups is 15. The third-order valence-electron chi connectivity index (χ3n) is 21.3. The molecule has 2 aromatic carbocycles. The number of fused-ring (bicyclic) bond motifs is 2. The number of anilines is 5. The van der Waals surface area contributed by atoms with Crippen LogP contribution in [0.25, 0.3) is 22.3 Å². The van der Waals surface area contributed by atoms with Gasteiger partial charge in [-0.3, -0.25) is 72.1 Å². The number of aromatic amines is 1. The van der Waals surface area contributed by atoms with Gasteiger partial charge < -0.3 is 183 Å². The Morgan fingerprint density at radius 2 is 0.708 bits per heavy atom. The van der Waals surface area contributed by atoms with Crippen molar-refractivity contribution in [2.45, 2.75) is 225 Å². The molecule has 144 heavy (non-hydrogen) atoms. The second kappa shape index (κ2) is 59.3. The largest absolute Gasteiger partial charge is 0.481 e. The summed E-state index contributed by atoms with van der Waals surface area (Å²) in [6.45, 7) is -4.42. The Balaban J connectivity index is 1.23. The topological polar surface area (TPSA) is 998 Å². The van der Waals surface area contributed by atoms with Gasteiger partial charge in [0, 0.05) is 98.2 Å². The molecular formula is C83H118N24O35S2. The predicted molar refractivity (Wildman–Crippen MR) is 501 cm³/mol. The standard InChI is InChI=1S/C83H118N24O35S2/c1-35(34-144-143-23-22-48(81(141)142)103-73(132)37-4-8-38(9-5-37)87-24-40-26-92-70-61(95-40)69(84)104-82(85)105-70)94-74(133)43(11-17-56(118)90-29-50(112)64(126)67(129)53(115)32-109)98-77(136)46(15-21-60(123)124)101-76(135)44(12-18-57(119)91-30-51(113)65(127)68(130)54(116)33-110)99-78(137)45(14-20-59(121)122)100-75(134)42(10-16-55(117)89-28-49(111)63(125)66(128)52(114)31-108)97-58(120)19-13-47(80(139)140)102-72(131)36-2-6-39(7-3-36)88-25-41-27-93-71-62(96-41)79(138)107-83(86)106-71/h2-9,26-27,35,42-54,63-68,87-88,108-116,125-130H,10-25,28-34H2,1H3,(H,89,117)(H,90,118)(H,91,119)(H,94,133)(H,97,120)(H,98,136)(H,99,137)(H,100,134)(H,101,135)(H,102,131)(H,103,132)(H,121,122)(H,123,124)(H,139,140)(H,141,142)(H4,84,85,92,104,105)(H3,86,93,106,107,138)/t35-,42+,43+,44+,45+,46+,47+,48+,49+,50+,51+,52-,53-,54-,63-,64-,65-,66-,67-,68-/m1/s1. The van der Waals surface area contributed by atoms with E-state index < -0.39 is 333 Å². The Hall–Kier alpha value is -13.8. The van der Waals surface area contributed by atoms with E-state index >= 15 is 0 Å². The number of carboxylic acid groups (broad SMARTS) is 4. The highest BCUT2D eigenvalue weighted by Crippen LogP contribution is 2.25. The predicted octanol–water partition coefficient (Wildman–Crippen LogP) is -12.3. The number of carboxylic acids is 4. The van der Waals surface area contributed by atoms with Gasteiger partial charge in [0.1, 0.15) is 97.2 Å². The van der Waals surface area contributed by atoms with Crippen molar-refractivity contribution in [3.63, 3.8) is 0 Å². The molecule has 59 nitrogen and oxygen atoms in total. The lowest BCUT2D eigenvalue weighted by Crippen LogP contribution is -2.59. The molecule has 39 N–H and O–H groups in total. The van der Waals surface area contributed by atoms with Crippen LogP contribution in [-0.2, 0) is 75.4 Å². The number of carbonyl (C=O) groups is 15. The molecule has 0 aliphatic heterocycles. The van der Waals surface area contributed by atoms with E-state index in [1.165, 1.54) is 55.7 Å². The fraction of sp³-hybridized carbons (Fsp3) is 0.530. The van der Waals surface area contributed by atoms with Crippen LogP contribution >= 0.6 is 21.6 Å². The van der Waals surface area contributed by atoms with Crippen LogP contribution in [0.4, 0.5) is 29.1 Å². The van der Waals surface area contributed by atoms with Gasteiger partial charge >= 0.3 is 23.9 Å².